The van der Waals surface area contributed by atoms with Crippen LogP contribution in [0.15, 0.2) is 12.2 Å². The molecule has 0 spiro atoms. The summed E-state index contributed by atoms with van der Waals surface area (Å²) < 4.78 is 5.48. The molecule has 0 aliphatic heterocycles. The number of rotatable bonds is 69. The second-order valence-electron chi connectivity index (χ2n) is 25.3. The minimum atomic E-state index is -0.662. The van der Waals surface area contributed by atoms with Crippen molar-refractivity contribution in [2.75, 3.05) is 13.2 Å². The molecule has 2 unspecified atom stereocenters. The van der Waals surface area contributed by atoms with Gasteiger partial charge in [-0.15, -0.1) is 0 Å². The molecule has 3 N–H and O–H groups in total. The minimum absolute atomic E-state index is 0.0112. The molecule has 79 heavy (non-hydrogen) atoms. The minimum Gasteiger partial charge on any atom is -0.466 e. The Morgan fingerprint density at radius 3 is 0.911 bits per heavy atom. The van der Waals surface area contributed by atoms with Crippen LogP contribution in [0.5, 0.6) is 0 Å². The Morgan fingerprint density at radius 1 is 0.342 bits per heavy atom. The molecule has 0 aliphatic rings. The maximum Gasteiger partial charge on any atom is 0.305 e. The smallest absolute Gasteiger partial charge is 0.305 e. The second kappa shape index (κ2) is 69.1. The van der Waals surface area contributed by atoms with Crippen LogP contribution in [0.4, 0.5) is 0 Å². The Labute approximate surface area is 495 Å². The molecule has 0 saturated heterocycles. The first-order valence-corrected chi connectivity index (χ1v) is 36.4. The zero-order valence-corrected chi connectivity index (χ0v) is 53.9. The Morgan fingerprint density at radius 2 is 0.595 bits per heavy atom. The summed E-state index contributed by atoms with van der Waals surface area (Å²) in [5.74, 6) is -0.0153. The van der Waals surface area contributed by atoms with E-state index in [1.807, 2.05) is 0 Å². The van der Waals surface area contributed by atoms with Gasteiger partial charge in [-0.2, -0.15) is 0 Å². The highest BCUT2D eigenvalue weighted by Crippen LogP contribution is 2.20. The SMILES string of the molecule is CCCCCC/C=C\CCCCCCCC(=O)OCCCCCCCCCCCCCCCCCCCCCCCCCCCCCCCC(=O)NC(CO)C(O)CCCCCCCCCCCCCCCCCCCCCC. The van der Waals surface area contributed by atoms with Gasteiger partial charge in [0.1, 0.15) is 0 Å². The van der Waals surface area contributed by atoms with Gasteiger partial charge in [-0.1, -0.05) is 366 Å². The third kappa shape index (κ3) is 65.6. The average molecular weight is 1110 g/mol. The van der Waals surface area contributed by atoms with Crippen molar-refractivity contribution in [2.45, 2.75) is 431 Å². The molecule has 0 saturated carbocycles. The standard InChI is InChI=1S/C73H143NO5/c1-3-5-7-9-11-13-15-17-18-19-20-32-35-38-42-45-49-53-57-61-65-71(76)70(69-75)74-72(77)66-62-58-54-50-46-43-39-36-33-30-28-26-24-22-21-23-25-27-29-31-34-37-40-44-48-52-56-60-64-68-79-73(78)67-63-59-55-51-47-41-16-14-12-10-8-6-4-2/h14,16,70-71,75-76H,3-13,15,17-69H2,1-2H3,(H,74,77)/b16-14-. The molecule has 0 rings (SSSR count). The first-order chi connectivity index (χ1) is 39.0. The normalized spacial score (nSPS) is 12.5. The van der Waals surface area contributed by atoms with Crippen LogP contribution in [-0.2, 0) is 14.3 Å². The highest BCUT2D eigenvalue weighted by atomic mass is 16.5. The summed E-state index contributed by atoms with van der Waals surface area (Å²) in [5, 5.41) is 23.4. The molecule has 0 bridgehead atoms. The number of aliphatic hydroxyl groups excluding tert-OH is 2. The lowest BCUT2D eigenvalue weighted by Gasteiger charge is -2.22. The van der Waals surface area contributed by atoms with Gasteiger partial charge in [0.2, 0.25) is 5.91 Å². The Bertz CT molecular complexity index is 1190. The van der Waals surface area contributed by atoms with Crippen molar-refractivity contribution in [1.82, 2.24) is 5.32 Å². The second-order valence-corrected chi connectivity index (χ2v) is 25.3. The molecule has 0 aromatic rings. The van der Waals surface area contributed by atoms with E-state index in [0.717, 1.165) is 44.9 Å². The zero-order chi connectivity index (χ0) is 57.1. The lowest BCUT2D eigenvalue weighted by Crippen LogP contribution is -2.45. The van der Waals surface area contributed by atoms with Crippen LogP contribution in [0.3, 0.4) is 0 Å². The van der Waals surface area contributed by atoms with Gasteiger partial charge in [0, 0.05) is 12.8 Å². The highest BCUT2D eigenvalue weighted by Gasteiger charge is 2.20. The topological polar surface area (TPSA) is 95.9 Å². The molecular formula is C73H143NO5. The van der Waals surface area contributed by atoms with E-state index >= 15 is 0 Å². The van der Waals surface area contributed by atoms with E-state index in [9.17, 15) is 19.8 Å². The largest absolute Gasteiger partial charge is 0.466 e. The maximum atomic E-state index is 12.5. The highest BCUT2D eigenvalue weighted by molar-refractivity contribution is 5.76. The molecule has 0 aliphatic carbocycles. The summed E-state index contributed by atoms with van der Waals surface area (Å²) in [7, 11) is 0. The van der Waals surface area contributed by atoms with Gasteiger partial charge in [-0.05, 0) is 51.4 Å². The van der Waals surface area contributed by atoms with E-state index in [1.165, 1.54) is 340 Å². The number of hydrogen-bond donors (Lipinski definition) is 3. The third-order valence-electron chi connectivity index (χ3n) is 17.3. The van der Waals surface area contributed by atoms with Gasteiger partial charge in [0.15, 0.2) is 0 Å². The summed E-state index contributed by atoms with van der Waals surface area (Å²) in [6.45, 7) is 4.98. The number of allylic oxidation sites excluding steroid dienone is 2. The van der Waals surface area contributed by atoms with Gasteiger partial charge >= 0.3 is 5.97 Å². The van der Waals surface area contributed by atoms with Gasteiger partial charge < -0.3 is 20.3 Å². The Balaban J connectivity index is 3.34. The summed E-state index contributed by atoms with van der Waals surface area (Å²) in [5.41, 5.74) is 0. The van der Waals surface area contributed by atoms with Crippen LogP contribution in [0.2, 0.25) is 0 Å². The van der Waals surface area contributed by atoms with Crippen LogP contribution in [-0.4, -0.2) is 47.4 Å². The van der Waals surface area contributed by atoms with Crippen LogP contribution >= 0.6 is 0 Å². The molecule has 6 heteroatoms. The van der Waals surface area contributed by atoms with E-state index in [0.29, 0.717) is 25.9 Å². The molecule has 0 heterocycles. The monoisotopic (exact) mass is 1110 g/mol. The third-order valence-corrected chi connectivity index (χ3v) is 17.3. The van der Waals surface area contributed by atoms with E-state index in [4.69, 9.17) is 4.74 Å². The molecule has 1 amide bonds. The fourth-order valence-electron chi connectivity index (χ4n) is 11.8. The predicted molar refractivity (Wildman–Crippen MR) is 347 cm³/mol. The van der Waals surface area contributed by atoms with Gasteiger partial charge in [0.25, 0.3) is 0 Å². The quantitative estimate of drug-likeness (QED) is 0.0320. The molecule has 470 valence electrons. The number of carbonyl (C=O) groups excluding carboxylic acids is 2. The van der Waals surface area contributed by atoms with E-state index in [1.54, 1.807) is 0 Å². The molecule has 0 aromatic carbocycles. The summed E-state index contributed by atoms with van der Waals surface area (Å²) >= 11 is 0. The number of hydrogen-bond acceptors (Lipinski definition) is 5. The number of aliphatic hydroxyl groups is 2. The van der Waals surface area contributed by atoms with Crippen LogP contribution in [0, 0.1) is 0 Å². The van der Waals surface area contributed by atoms with Crippen LogP contribution < -0.4 is 5.32 Å². The van der Waals surface area contributed by atoms with Crippen LogP contribution in [0.1, 0.15) is 418 Å². The summed E-state index contributed by atoms with van der Waals surface area (Å²) in [4.78, 5) is 24.6. The Kier molecular flexibility index (Phi) is 67.9. The number of esters is 1. The molecule has 0 fully saturated rings. The lowest BCUT2D eigenvalue weighted by atomic mass is 10.0. The van der Waals surface area contributed by atoms with Crippen molar-refractivity contribution in [1.29, 1.82) is 0 Å². The summed E-state index contributed by atoms with van der Waals surface area (Å²) in [6, 6.07) is -0.539. The first-order valence-electron chi connectivity index (χ1n) is 36.4. The molecule has 2 atom stereocenters. The molecule has 0 aromatic heterocycles. The first kappa shape index (κ1) is 77.6. The maximum absolute atomic E-state index is 12.5. The van der Waals surface area contributed by atoms with E-state index < -0.39 is 12.1 Å². The van der Waals surface area contributed by atoms with Crippen molar-refractivity contribution in [2.24, 2.45) is 0 Å². The number of amides is 1. The number of nitrogens with one attached hydrogen (secondary N) is 1. The lowest BCUT2D eigenvalue weighted by molar-refractivity contribution is -0.143. The predicted octanol–water partition coefficient (Wildman–Crippen LogP) is 23.5. The van der Waals surface area contributed by atoms with Gasteiger partial charge in [-0.3, -0.25) is 9.59 Å². The fraction of sp³-hybridized carbons (Fsp3) is 0.945. The van der Waals surface area contributed by atoms with Gasteiger partial charge in [0.05, 0.1) is 25.4 Å². The number of ether oxygens (including phenoxy) is 1. The fourth-order valence-corrected chi connectivity index (χ4v) is 11.8. The molecule has 0 radical (unpaired) electrons. The Hall–Kier alpha value is -1.40. The summed E-state index contributed by atoms with van der Waals surface area (Å²) in [6.07, 6.45) is 85.6. The van der Waals surface area contributed by atoms with Crippen molar-refractivity contribution in [3.8, 4) is 0 Å². The molecule has 6 nitrogen and oxygen atoms in total. The van der Waals surface area contributed by atoms with E-state index in [-0.39, 0.29) is 18.5 Å². The number of carbonyl (C=O) groups is 2. The molecular weight excluding hydrogens is 971 g/mol. The van der Waals surface area contributed by atoms with Crippen molar-refractivity contribution in [3.63, 3.8) is 0 Å². The zero-order valence-electron chi connectivity index (χ0n) is 53.9. The van der Waals surface area contributed by atoms with Gasteiger partial charge in [-0.25, -0.2) is 0 Å². The van der Waals surface area contributed by atoms with Crippen molar-refractivity contribution >= 4 is 11.9 Å². The van der Waals surface area contributed by atoms with Crippen molar-refractivity contribution in [3.05, 3.63) is 12.2 Å². The van der Waals surface area contributed by atoms with E-state index in [2.05, 4.69) is 31.3 Å². The van der Waals surface area contributed by atoms with Crippen LogP contribution in [0.25, 0.3) is 0 Å². The number of unbranched alkanes of at least 4 members (excludes halogenated alkanes) is 56. The van der Waals surface area contributed by atoms with Crippen molar-refractivity contribution < 1.29 is 24.5 Å². The average Bonchev–Trinajstić information content (AvgIpc) is 3.45.